The second kappa shape index (κ2) is 75.7. The van der Waals surface area contributed by atoms with E-state index in [0.29, 0.717) is 17.4 Å². The number of carboxylic acids is 1. The van der Waals surface area contributed by atoms with E-state index in [9.17, 15) is 19.5 Å². The normalized spacial score (nSPS) is 13.2. The van der Waals surface area contributed by atoms with Crippen molar-refractivity contribution in [3.05, 3.63) is 109 Å². The molecule has 0 amide bonds. The average molecular weight is 1330 g/mol. The van der Waals surface area contributed by atoms with Gasteiger partial charge in [-0.15, -0.1) is 0 Å². The molecule has 0 aliphatic carbocycles. The van der Waals surface area contributed by atoms with Crippen molar-refractivity contribution in [2.24, 2.45) is 0 Å². The van der Waals surface area contributed by atoms with E-state index >= 15 is 0 Å². The fraction of sp³-hybridized carbons (Fsp3) is 0.756. The predicted octanol–water partition coefficient (Wildman–Crippen LogP) is 24.4. The van der Waals surface area contributed by atoms with Gasteiger partial charge in [-0.3, -0.25) is 9.59 Å². The Labute approximate surface area is 587 Å². The number of esters is 2. The molecule has 2 atom stereocenters. The van der Waals surface area contributed by atoms with Gasteiger partial charge in [0.25, 0.3) is 0 Å². The summed E-state index contributed by atoms with van der Waals surface area (Å²) in [5, 5.41) is 11.9. The van der Waals surface area contributed by atoms with E-state index in [1.165, 1.54) is 231 Å². The highest BCUT2D eigenvalue weighted by Gasteiger charge is 2.22. The molecule has 0 rings (SSSR count). The first kappa shape index (κ1) is 91.0. The van der Waals surface area contributed by atoms with Crippen molar-refractivity contribution in [2.75, 3.05) is 47.5 Å². The molecule has 0 fully saturated rings. The third kappa shape index (κ3) is 77.2. The number of carbonyl (C=O) groups is 3. The molecule has 0 saturated heterocycles. The van der Waals surface area contributed by atoms with Gasteiger partial charge in [-0.2, -0.15) is 0 Å². The van der Waals surface area contributed by atoms with Crippen molar-refractivity contribution in [3.8, 4) is 0 Å². The van der Waals surface area contributed by atoms with Crippen molar-refractivity contribution < 1.29 is 42.9 Å². The second-order valence-electron chi connectivity index (χ2n) is 28.0. The zero-order chi connectivity index (χ0) is 69.0. The molecule has 0 aliphatic rings. The highest BCUT2D eigenvalue weighted by molar-refractivity contribution is 5.70. The summed E-state index contributed by atoms with van der Waals surface area (Å²) in [6.07, 6.45) is 104. The summed E-state index contributed by atoms with van der Waals surface area (Å²) in [6.45, 7) is 4.63. The molecule has 0 aliphatic heterocycles. The molecule has 0 aromatic rings. The number of aliphatic carboxylic acids is 1. The Morgan fingerprint density at radius 1 is 0.326 bits per heavy atom. The Balaban J connectivity index is 4.06. The summed E-state index contributed by atoms with van der Waals surface area (Å²) in [7, 11) is 5.92. The van der Waals surface area contributed by atoms with Crippen molar-refractivity contribution in [1.29, 1.82) is 0 Å². The van der Waals surface area contributed by atoms with E-state index in [1.807, 2.05) is 21.1 Å². The number of allylic oxidation sites excluding steroid dienone is 18. The Kier molecular flexibility index (Phi) is 72.5. The maximum Gasteiger partial charge on any atom is 0.306 e. The van der Waals surface area contributed by atoms with Gasteiger partial charge < -0.3 is 33.3 Å². The smallest absolute Gasteiger partial charge is 0.306 e. The number of rotatable bonds is 74. The molecule has 0 spiro atoms. The summed E-state index contributed by atoms with van der Waals surface area (Å²) < 4.78 is 22.8. The van der Waals surface area contributed by atoms with Crippen molar-refractivity contribution in [3.63, 3.8) is 0 Å². The molecule has 0 bridgehead atoms. The van der Waals surface area contributed by atoms with Crippen LogP contribution in [0.15, 0.2) is 109 Å². The van der Waals surface area contributed by atoms with Gasteiger partial charge in [0.05, 0.1) is 40.3 Å². The molecule has 0 aromatic heterocycles. The minimum absolute atomic E-state index is 0.137. The van der Waals surface area contributed by atoms with Gasteiger partial charge in [-0.1, -0.05) is 374 Å². The van der Waals surface area contributed by atoms with Gasteiger partial charge >= 0.3 is 11.9 Å². The third-order valence-electron chi connectivity index (χ3n) is 17.5. The molecule has 0 aromatic carbocycles. The second-order valence-corrected chi connectivity index (χ2v) is 28.0. The van der Waals surface area contributed by atoms with Gasteiger partial charge in [-0.25, -0.2) is 0 Å². The highest BCUT2D eigenvalue weighted by Crippen LogP contribution is 2.19. The zero-order valence-corrected chi connectivity index (χ0v) is 62.8. The molecule has 95 heavy (non-hydrogen) atoms. The van der Waals surface area contributed by atoms with Crippen LogP contribution in [0.4, 0.5) is 0 Å². The molecule has 0 radical (unpaired) electrons. The molecule has 9 nitrogen and oxygen atoms in total. The number of quaternary nitrogens is 1. The molecule has 2 unspecified atom stereocenters. The van der Waals surface area contributed by atoms with Crippen LogP contribution >= 0.6 is 0 Å². The number of hydrogen-bond donors (Lipinski definition) is 0. The number of carbonyl (C=O) groups excluding carboxylic acids is 3. The minimum atomic E-state index is -1.64. The standard InChI is InChI=1S/C86H151NO8/c1-6-8-10-12-14-16-18-20-22-24-26-28-30-32-34-36-38-39-40-41-42-43-44-45-47-48-50-52-54-56-58-60-62-64-66-68-70-72-74-76-83(88)93-80-82(81-94-86(85(90)91)92-79-78-87(3,4)5)95-84(89)77-75-73-71-69-67-65-63-61-59-57-55-53-51-49-46-37-35-33-31-29-27-25-23-21-19-17-15-13-11-9-7-2/h9,11,15,17,21,23,27,29,33,35,46,49,53,55,59,61,65,67,82,86H,6-8,10,12-14,16,18-20,22,24-26,28,30-32,34,36-45,47-48,50-52,54,56-58,60,62-64,66,68-81H2,1-5H3/b11-9-,17-15-,23-21-,29-27-,35-33-,49-46-,55-53-,61-59-,67-65-. The molecule has 0 heterocycles. The van der Waals surface area contributed by atoms with E-state index in [2.05, 4.69) is 123 Å². The van der Waals surface area contributed by atoms with Gasteiger partial charge in [0.2, 0.25) is 0 Å². The number of ether oxygens (including phenoxy) is 4. The number of likely N-dealkylation sites (N-methyl/N-ethyl adjacent to an activating group) is 1. The molecule has 548 valence electrons. The number of hydrogen-bond acceptors (Lipinski definition) is 8. The van der Waals surface area contributed by atoms with E-state index in [0.717, 1.165) is 96.3 Å². The summed E-state index contributed by atoms with van der Waals surface area (Å²) >= 11 is 0. The molecule has 0 saturated carbocycles. The molecular weight excluding hydrogens is 1170 g/mol. The third-order valence-corrected chi connectivity index (χ3v) is 17.5. The van der Waals surface area contributed by atoms with E-state index in [1.54, 1.807) is 0 Å². The van der Waals surface area contributed by atoms with Crippen LogP contribution in [0.3, 0.4) is 0 Å². The first-order chi connectivity index (χ1) is 46.6. The molecule has 0 N–H and O–H groups in total. The Hall–Kier alpha value is -4.05. The van der Waals surface area contributed by atoms with E-state index in [4.69, 9.17) is 18.9 Å². The summed E-state index contributed by atoms with van der Waals surface area (Å²) in [5.41, 5.74) is 0. The lowest BCUT2D eigenvalue weighted by Gasteiger charge is -2.26. The first-order valence-corrected chi connectivity index (χ1v) is 40.0. The van der Waals surface area contributed by atoms with Gasteiger partial charge in [0.15, 0.2) is 12.4 Å². The van der Waals surface area contributed by atoms with Crippen LogP contribution in [-0.2, 0) is 33.3 Å². The van der Waals surface area contributed by atoms with E-state index < -0.39 is 24.3 Å². The van der Waals surface area contributed by atoms with Crippen molar-refractivity contribution in [2.45, 2.75) is 373 Å². The van der Waals surface area contributed by atoms with Crippen LogP contribution in [0, 0.1) is 0 Å². The number of carboxylic acid groups (broad SMARTS) is 1. The maximum atomic E-state index is 12.9. The maximum absolute atomic E-state index is 12.9. The van der Waals surface area contributed by atoms with Crippen LogP contribution in [0.1, 0.15) is 361 Å². The topological polar surface area (TPSA) is 111 Å². The lowest BCUT2D eigenvalue weighted by molar-refractivity contribution is -0.870. The van der Waals surface area contributed by atoms with Crippen LogP contribution in [-0.4, -0.2) is 82.3 Å². The monoisotopic (exact) mass is 1330 g/mol. The molecule has 9 heteroatoms. The average Bonchev–Trinajstić information content (AvgIpc) is 3.24. The molecular formula is C86H151NO8. The van der Waals surface area contributed by atoms with Gasteiger partial charge in [-0.05, 0) is 83.5 Å². The Bertz CT molecular complexity index is 1930. The minimum Gasteiger partial charge on any atom is -0.545 e. The van der Waals surface area contributed by atoms with Crippen molar-refractivity contribution in [1.82, 2.24) is 0 Å². The summed E-state index contributed by atoms with van der Waals surface area (Å²) in [4.78, 5) is 37.6. The number of unbranched alkanes of at least 4 members (excludes halogenated alkanes) is 41. The Morgan fingerprint density at radius 2 is 0.600 bits per heavy atom. The van der Waals surface area contributed by atoms with Crippen molar-refractivity contribution >= 4 is 17.9 Å². The summed E-state index contributed by atoms with van der Waals surface area (Å²) in [6, 6.07) is 0. The van der Waals surface area contributed by atoms with Crippen LogP contribution in [0.2, 0.25) is 0 Å². The van der Waals surface area contributed by atoms with Gasteiger partial charge in [0, 0.05) is 12.8 Å². The highest BCUT2D eigenvalue weighted by atomic mass is 16.7. The fourth-order valence-corrected chi connectivity index (χ4v) is 11.5. The number of nitrogens with zero attached hydrogens (tertiary/aromatic N) is 1. The van der Waals surface area contributed by atoms with E-state index in [-0.39, 0.29) is 38.6 Å². The largest absolute Gasteiger partial charge is 0.545 e. The lowest BCUT2D eigenvalue weighted by atomic mass is 10.0. The predicted molar refractivity (Wildman–Crippen MR) is 407 cm³/mol. The van der Waals surface area contributed by atoms with Gasteiger partial charge in [0.1, 0.15) is 13.2 Å². The SMILES string of the molecule is CC/C=C\C/C=C\C/C=C\C/C=C\C/C=C\C/C=C\C/C=C\C/C=C\C/C=C\CCCCCC(=O)OC(COC(=O)CCCCCCCCCCCCCCCCCCCCCCCCCCCCCCCCCCCCCCCCC)COC(OCC[N+](C)(C)C)C(=O)[O-]. The Morgan fingerprint density at radius 3 is 0.895 bits per heavy atom. The quantitative estimate of drug-likeness (QED) is 0.0195. The lowest BCUT2D eigenvalue weighted by Crippen LogP contribution is -2.44. The fourth-order valence-electron chi connectivity index (χ4n) is 11.5. The first-order valence-electron chi connectivity index (χ1n) is 40.0. The van der Waals surface area contributed by atoms with Crippen LogP contribution < -0.4 is 5.11 Å². The van der Waals surface area contributed by atoms with Crippen LogP contribution in [0.25, 0.3) is 0 Å². The van der Waals surface area contributed by atoms with Crippen LogP contribution in [0.5, 0.6) is 0 Å². The zero-order valence-electron chi connectivity index (χ0n) is 62.8. The summed E-state index contributed by atoms with van der Waals surface area (Å²) in [5.74, 6) is -2.32.